The van der Waals surface area contributed by atoms with E-state index in [1.54, 1.807) is 30.5 Å². The zero-order valence-corrected chi connectivity index (χ0v) is 16.0. The molecule has 1 fully saturated rings. The molecule has 3 rings (SSSR count). The summed E-state index contributed by atoms with van der Waals surface area (Å²) in [5, 5.41) is 5.34. The molecule has 1 saturated carbocycles. The number of carbonyl (C=O) groups excluding carboxylic acids is 1. The van der Waals surface area contributed by atoms with Crippen LogP contribution in [0.15, 0.2) is 40.7 Å². The second-order valence-electron chi connectivity index (χ2n) is 6.77. The number of hydrogen-bond acceptors (Lipinski definition) is 5. The number of sulfone groups is 1. The lowest BCUT2D eigenvalue weighted by molar-refractivity contribution is -0.122. The van der Waals surface area contributed by atoms with E-state index in [1.807, 2.05) is 12.3 Å². The molecule has 1 aliphatic carbocycles. The van der Waals surface area contributed by atoms with Crippen molar-refractivity contribution in [2.75, 3.05) is 11.6 Å². The summed E-state index contributed by atoms with van der Waals surface area (Å²) in [4.78, 5) is 17.6. The highest BCUT2D eigenvalue weighted by Gasteiger charge is 2.44. The van der Waals surface area contributed by atoms with Crippen LogP contribution in [0.5, 0.6) is 0 Å². The SMILES string of the molecule is C[C@](C(=O)Nc1nccs1)(c1ccc(S(C)(=O)=O)cc1)C1CCCC1. The molecule has 7 heteroatoms. The van der Waals surface area contributed by atoms with Crippen LogP contribution in [0, 0.1) is 5.92 Å². The van der Waals surface area contributed by atoms with E-state index in [1.165, 1.54) is 17.6 Å². The van der Waals surface area contributed by atoms with E-state index in [4.69, 9.17) is 0 Å². The molecule has 0 spiro atoms. The van der Waals surface area contributed by atoms with Crippen LogP contribution in [0.4, 0.5) is 5.13 Å². The summed E-state index contributed by atoms with van der Waals surface area (Å²) in [5.41, 5.74) is 0.138. The maximum absolute atomic E-state index is 13.1. The Morgan fingerprint density at radius 3 is 2.40 bits per heavy atom. The molecule has 0 saturated heterocycles. The van der Waals surface area contributed by atoms with Crippen molar-refractivity contribution in [3.8, 4) is 0 Å². The predicted octanol–water partition coefficient (Wildman–Crippen LogP) is 3.63. The normalized spacial score (nSPS) is 18.0. The molecule has 134 valence electrons. The van der Waals surface area contributed by atoms with Gasteiger partial charge in [0.15, 0.2) is 15.0 Å². The largest absolute Gasteiger partial charge is 0.301 e. The minimum atomic E-state index is -3.25. The zero-order valence-electron chi connectivity index (χ0n) is 14.4. The summed E-state index contributed by atoms with van der Waals surface area (Å²) in [6.45, 7) is 1.96. The topological polar surface area (TPSA) is 76.1 Å². The van der Waals surface area contributed by atoms with Gasteiger partial charge in [-0.3, -0.25) is 4.79 Å². The zero-order chi connectivity index (χ0) is 18.1. The number of aromatic nitrogens is 1. The predicted molar refractivity (Wildman–Crippen MR) is 99.6 cm³/mol. The maximum atomic E-state index is 13.1. The van der Waals surface area contributed by atoms with Gasteiger partial charge in [0.25, 0.3) is 0 Å². The lowest BCUT2D eigenvalue weighted by atomic mass is 9.70. The van der Waals surface area contributed by atoms with Crippen LogP contribution in [0.25, 0.3) is 0 Å². The molecule has 0 radical (unpaired) electrons. The summed E-state index contributed by atoms with van der Waals surface area (Å²) < 4.78 is 23.4. The quantitative estimate of drug-likeness (QED) is 0.862. The van der Waals surface area contributed by atoms with Crippen LogP contribution >= 0.6 is 11.3 Å². The first-order valence-corrected chi connectivity index (χ1v) is 11.1. The van der Waals surface area contributed by atoms with Gasteiger partial charge < -0.3 is 5.32 Å². The fraction of sp³-hybridized carbons (Fsp3) is 0.444. The molecular formula is C18H22N2O3S2. The van der Waals surface area contributed by atoms with Crippen molar-refractivity contribution >= 4 is 32.2 Å². The van der Waals surface area contributed by atoms with Crippen molar-refractivity contribution in [1.29, 1.82) is 0 Å². The summed E-state index contributed by atoms with van der Waals surface area (Å²) in [5.74, 6) is 0.151. The molecular weight excluding hydrogens is 356 g/mol. The van der Waals surface area contributed by atoms with Crippen LogP contribution in [0.1, 0.15) is 38.2 Å². The third kappa shape index (κ3) is 3.62. The monoisotopic (exact) mass is 378 g/mol. The van der Waals surface area contributed by atoms with Gasteiger partial charge in [0, 0.05) is 17.8 Å². The molecule has 0 unspecified atom stereocenters. The van der Waals surface area contributed by atoms with Gasteiger partial charge >= 0.3 is 0 Å². The van der Waals surface area contributed by atoms with Crippen molar-refractivity contribution in [3.05, 3.63) is 41.4 Å². The standard InChI is InChI=1S/C18H22N2O3S2/c1-18(13-5-3-4-6-13,16(21)20-17-19-11-12-24-17)14-7-9-15(10-8-14)25(2,22)23/h7-13H,3-6H2,1-2H3,(H,19,20,21)/t18-/m1/s1. The van der Waals surface area contributed by atoms with E-state index in [-0.39, 0.29) is 16.7 Å². The first-order valence-electron chi connectivity index (χ1n) is 8.33. The summed E-state index contributed by atoms with van der Waals surface area (Å²) >= 11 is 1.39. The Balaban J connectivity index is 1.97. The first-order chi connectivity index (χ1) is 11.8. The third-order valence-corrected chi connectivity index (χ3v) is 7.00. The van der Waals surface area contributed by atoms with E-state index < -0.39 is 15.3 Å². The number of thiazole rings is 1. The van der Waals surface area contributed by atoms with Crippen molar-refractivity contribution in [3.63, 3.8) is 0 Å². The molecule has 1 aliphatic rings. The second kappa shape index (κ2) is 6.88. The number of nitrogens with zero attached hydrogens (tertiary/aromatic N) is 1. The summed E-state index contributed by atoms with van der Waals surface area (Å²) in [6.07, 6.45) is 7.07. The first kappa shape index (κ1) is 18.1. The lowest BCUT2D eigenvalue weighted by Gasteiger charge is -2.34. The van der Waals surface area contributed by atoms with Gasteiger partial charge in [0.2, 0.25) is 5.91 Å². The molecule has 5 nitrogen and oxygen atoms in total. The van der Waals surface area contributed by atoms with Gasteiger partial charge in [-0.05, 0) is 43.4 Å². The third-order valence-electron chi connectivity index (χ3n) is 5.18. The number of hydrogen-bond donors (Lipinski definition) is 1. The Labute approximate surface area is 152 Å². The molecule has 1 N–H and O–H groups in total. The number of benzene rings is 1. The van der Waals surface area contributed by atoms with Crippen LogP contribution in [0.2, 0.25) is 0 Å². The highest BCUT2D eigenvalue weighted by atomic mass is 32.2. The minimum absolute atomic E-state index is 0.0820. The van der Waals surface area contributed by atoms with Gasteiger partial charge in [-0.1, -0.05) is 25.0 Å². The average Bonchev–Trinajstić information content (AvgIpc) is 3.27. The number of amides is 1. The number of nitrogens with one attached hydrogen (secondary N) is 1. The maximum Gasteiger partial charge on any atom is 0.236 e. The summed E-state index contributed by atoms with van der Waals surface area (Å²) in [7, 11) is -3.25. The van der Waals surface area contributed by atoms with Crippen LogP contribution < -0.4 is 5.32 Å². The lowest BCUT2D eigenvalue weighted by Crippen LogP contribution is -2.43. The van der Waals surface area contributed by atoms with Crippen molar-refractivity contribution < 1.29 is 13.2 Å². The summed E-state index contributed by atoms with van der Waals surface area (Å²) in [6, 6.07) is 6.73. The fourth-order valence-corrected chi connectivity index (χ4v) is 4.77. The molecule has 1 heterocycles. The average molecular weight is 379 g/mol. The Morgan fingerprint density at radius 2 is 1.88 bits per heavy atom. The van der Waals surface area contributed by atoms with Gasteiger partial charge in [0.05, 0.1) is 10.3 Å². The van der Waals surface area contributed by atoms with Gasteiger partial charge in [-0.25, -0.2) is 13.4 Å². The molecule has 1 aromatic carbocycles. The van der Waals surface area contributed by atoms with E-state index >= 15 is 0 Å². The van der Waals surface area contributed by atoms with E-state index in [2.05, 4.69) is 10.3 Å². The molecule has 25 heavy (non-hydrogen) atoms. The molecule has 1 atom stereocenters. The van der Waals surface area contributed by atoms with Gasteiger partial charge in [-0.15, -0.1) is 11.3 Å². The van der Waals surface area contributed by atoms with Crippen LogP contribution in [0.3, 0.4) is 0 Å². The highest BCUT2D eigenvalue weighted by molar-refractivity contribution is 7.90. The number of anilines is 1. The Kier molecular flexibility index (Phi) is 4.97. The van der Waals surface area contributed by atoms with E-state index in [0.29, 0.717) is 5.13 Å². The highest BCUT2D eigenvalue weighted by Crippen LogP contribution is 2.43. The van der Waals surface area contributed by atoms with Gasteiger partial charge in [0.1, 0.15) is 0 Å². The van der Waals surface area contributed by atoms with Crippen LogP contribution in [-0.4, -0.2) is 25.6 Å². The van der Waals surface area contributed by atoms with Gasteiger partial charge in [-0.2, -0.15) is 0 Å². The smallest absolute Gasteiger partial charge is 0.236 e. The second-order valence-corrected chi connectivity index (χ2v) is 9.68. The Hall–Kier alpha value is -1.73. The molecule has 1 aromatic heterocycles. The van der Waals surface area contributed by atoms with E-state index in [0.717, 1.165) is 31.2 Å². The van der Waals surface area contributed by atoms with Crippen molar-refractivity contribution in [1.82, 2.24) is 4.98 Å². The fourth-order valence-electron chi connectivity index (χ4n) is 3.62. The molecule has 0 aliphatic heterocycles. The van der Waals surface area contributed by atoms with Crippen molar-refractivity contribution in [2.24, 2.45) is 5.92 Å². The Morgan fingerprint density at radius 1 is 1.24 bits per heavy atom. The number of rotatable bonds is 5. The Bertz CT molecular complexity index is 839. The molecule has 1 amide bonds. The number of carbonyl (C=O) groups is 1. The molecule has 2 aromatic rings. The molecule has 0 bridgehead atoms. The van der Waals surface area contributed by atoms with Crippen LogP contribution in [-0.2, 0) is 20.0 Å². The van der Waals surface area contributed by atoms with E-state index in [9.17, 15) is 13.2 Å². The van der Waals surface area contributed by atoms with Crippen molar-refractivity contribution in [2.45, 2.75) is 42.9 Å². The minimum Gasteiger partial charge on any atom is -0.301 e.